The number of ether oxygens (including phenoxy) is 1. The van der Waals surface area contributed by atoms with Crippen molar-refractivity contribution in [2.24, 2.45) is 10.9 Å². The van der Waals surface area contributed by atoms with E-state index in [1.807, 2.05) is 19.4 Å². The van der Waals surface area contributed by atoms with E-state index in [2.05, 4.69) is 31.7 Å². The molecule has 0 bridgehead atoms. The van der Waals surface area contributed by atoms with Crippen molar-refractivity contribution in [2.75, 3.05) is 32.8 Å². The summed E-state index contributed by atoms with van der Waals surface area (Å²) >= 11 is 0. The predicted octanol–water partition coefficient (Wildman–Crippen LogP) is 3.09. The summed E-state index contributed by atoms with van der Waals surface area (Å²) in [5, 5.41) is 3.33. The Morgan fingerprint density at radius 3 is 2.93 bits per heavy atom. The fourth-order valence-electron chi connectivity index (χ4n) is 3.40. The van der Waals surface area contributed by atoms with E-state index in [0.717, 1.165) is 44.1 Å². The van der Waals surface area contributed by atoms with Gasteiger partial charge in [-0.1, -0.05) is 6.92 Å². The molecule has 1 aromatic carbocycles. The van der Waals surface area contributed by atoms with E-state index in [1.54, 1.807) is 6.20 Å². The van der Waals surface area contributed by atoms with E-state index in [1.165, 1.54) is 6.07 Å². The molecule has 2 heterocycles. The molecule has 1 saturated heterocycles. The lowest BCUT2D eigenvalue weighted by Crippen LogP contribution is -2.49. The third kappa shape index (κ3) is 4.99. The number of piperidine rings is 1. The lowest BCUT2D eigenvalue weighted by molar-refractivity contribution is 0.188. The molecule has 0 saturated carbocycles. The number of guanidine groups is 1. The van der Waals surface area contributed by atoms with Gasteiger partial charge in [0.05, 0.1) is 18.9 Å². The molecular weight excluding hydrogens is 364 g/mol. The standard InChI is InChI=1S/C20H27F2N5O/c1-3-24-20(25-8-11-28-16-4-5-17(21)18(22)12-16)26-9-6-15(2)19(13-26)27-10-7-23-14-27/h4-5,7,10,12,14-15,19H,3,6,8-9,11,13H2,1-2H3,(H,24,25). The quantitative estimate of drug-likeness (QED) is 0.467. The summed E-state index contributed by atoms with van der Waals surface area (Å²) in [7, 11) is 0. The molecule has 2 unspecified atom stereocenters. The molecule has 1 aromatic heterocycles. The van der Waals surface area contributed by atoms with E-state index in [0.29, 0.717) is 24.3 Å². The molecule has 3 rings (SSSR count). The van der Waals surface area contributed by atoms with Gasteiger partial charge in [-0.3, -0.25) is 0 Å². The van der Waals surface area contributed by atoms with Crippen LogP contribution in [0.25, 0.3) is 0 Å². The largest absolute Gasteiger partial charge is 0.492 e. The molecule has 1 fully saturated rings. The Labute approximate surface area is 164 Å². The normalized spacial score (nSPS) is 20.3. The van der Waals surface area contributed by atoms with Crippen LogP contribution in [0.2, 0.25) is 0 Å². The van der Waals surface area contributed by atoms with Crippen LogP contribution in [-0.2, 0) is 0 Å². The first-order chi connectivity index (χ1) is 13.6. The fraction of sp³-hybridized carbons (Fsp3) is 0.500. The van der Waals surface area contributed by atoms with Gasteiger partial charge in [-0.25, -0.2) is 18.8 Å². The zero-order valence-corrected chi connectivity index (χ0v) is 16.3. The van der Waals surface area contributed by atoms with Gasteiger partial charge in [0.1, 0.15) is 12.4 Å². The number of rotatable bonds is 6. The second-order valence-corrected chi connectivity index (χ2v) is 6.95. The van der Waals surface area contributed by atoms with Crippen molar-refractivity contribution in [3.63, 3.8) is 0 Å². The smallest absolute Gasteiger partial charge is 0.194 e. The van der Waals surface area contributed by atoms with Crippen molar-refractivity contribution in [2.45, 2.75) is 26.3 Å². The molecule has 0 amide bonds. The van der Waals surface area contributed by atoms with Gasteiger partial charge in [-0.2, -0.15) is 0 Å². The van der Waals surface area contributed by atoms with E-state index < -0.39 is 11.6 Å². The van der Waals surface area contributed by atoms with Gasteiger partial charge >= 0.3 is 0 Å². The summed E-state index contributed by atoms with van der Waals surface area (Å²) < 4.78 is 33.9. The van der Waals surface area contributed by atoms with Gasteiger partial charge in [0.15, 0.2) is 17.6 Å². The van der Waals surface area contributed by atoms with Gasteiger partial charge in [0, 0.05) is 38.1 Å². The topological polar surface area (TPSA) is 54.7 Å². The van der Waals surface area contributed by atoms with Crippen molar-refractivity contribution < 1.29 is 13.5 Å². The summed E-state index contributed by atoms with van der Waals surface area (Å²) in [6.45, 7) is 7.56. The Morgan fingerprint density at radius 2 is 2.21 bits per heavy atom. The van der Waals surface area contributed by atoms with Crippen molar-refractivity contribution in [3.8, 4) is 5.75 Å². The van der Waals surface area contributed by atoms with Crippen molar-refractivity contribution in [3.05, 3.63) is 48.6 Å². The molecule has 1 aliphatic heterocycles. The van der Waals surface area contributed by atoms with E-state index in [-0.39, 0.29) is 6.61 Å². The van der Waals surface area contributed by atoms with Gasteiger partial charge in [0.25, 0.3) is 0 Å². The molecular formula is C20H27F2N5O. The fourth-order valence-corrected chi connectivity index (χ4v) is 3.40. The molecule has 28 heavy (non-hydrogen) atoms. The average Bonchev–Trinajstić information content (AvgIpc) is 3.22. The lowest BCUT2D eigenvalue weighted by Gasteiger charge is -2.39. The number of nitrogens with one attached hydrogen (secondary N) is 1. The maximum atomic E-state index is 13.2. The van der Waals surface area contributed by atoms with Crippen molar-refractivity contribution in [1.82, 2.24) is 19.8 Å². The Morgan fingerprint density at radius 1 is 1.36 bits per heavy atom. The number of halogens is 2. The number of nitrogens with zero attached hydrogens (tertiary/aromatic N) is 4. The summed E-state index contributed by atoms with van der Waals surface area (Å²) in [6, 6.07) is 3.86. The maximum absolute atomic E-state index is 13.2. The number of imidazole rings is 1. The molecule has 152 valence electrons. The summed E-state index contributed by atoms with van der Waals surface area (Å²) in [5.74, 6) is -0.0987. The minimum atomic E-state index is -0.915. The molecule has 6 nitrogen and oxygen atoms in total. The second-order valence-electron chi connectivity index (χ2n) is 6.95. The van der Waals surface area contributed by atoms with Crippen LogP contribution < -0.4 is 10.1 Å². The Balaban J connectivity index is 1.59. The third-order valence-electron chi connectivity index (χ3n) is 4.97. The molecule has 8 heteroatoms. The Kier molecular flexibility index (Phi) is 6.84. The highest BCUT2D eigenvalue weighted by Crippen LogP contribution is 2.27. The number of hydrogen-bond donors (Lipinski definition) is 1. The van der Waals surface area contributed by atoms with E-state index in [4.69, 9.17) is 4.74 Å². The number of benzene rings is 1. The molecule has 0 aliphatic carbocycles. The van der Waals surface area contributed by atoms with Crippen molar-refractivity contribution >= 4 is 5.96 Å². The van der Waals surface area contributed by atoms with Crippen LogP contribution in [0, 0.1) is 17.6 Å². The Hall–Kier alpha value is -2.64. The molecule has 2 aromatic rings. The summed E-state index contributed by atoms with van der Waals surface area (Å²) in [6.07, 6.45) is 6.74. The number of likely N-dealkylation sites (tertiary alicyclic amines) is 1. The highest BCUT2D eigenvalue weighted by atomic mass is 19.2. The van der Waals surface area contributed by atoms with E-state index >= 15 is 0 Å². The first kappa shape index (κ1) is 20.1. The van der Waals surface area contributed by atoms with Crippen molar-refractivity contribution in [1.29, 1.82) is 0 Å². The number of aliphatic imine (C=N–C) groups is 1. The lowest BCUT2D eigenvalue weighted by atomic mass is 9.93. The van der Waals surface area contributed by atoms with Gasteiger partial charge < -0.3 is 19.5 Å². The van der Waals surface area contributed by atoms with Crippen LogP contribution in [0.3, 0.4) is 0 Å². The number of aromatic nitrogens is 2. The van der Waals surface area contributed by atoms with Crippen LogP contribution in [0.5, 0.6) is 5.75 Å². The highest BCUT2D eigenvalue weighted by Gasteiger charge is 2.28. The third-order valence-corrected chi connectivity index (χ3v) is 4.97. The maximum Gasteiger partial charge on any atom is 0.194 e. The van der Waals surface area contributed by atoms with Gasteiger partial charge in [-0.05, 0) is 31.4 Å². The molecule has 0 radical (unpaired) electrons. The molecule has 1 N–H and O–H groups in total. The molecule has 0 spiro atoms. The average molecular weight is 391 g/mol. The van der Waals surface area contributed by atoms with Crippen LogP contribution >= 0.6 is 0 Å². The predicted molar refractivity (Wildman–Crippen MR) is 104 cm³/mol. The number of hydrogen-bond acceptors (Lipinski definition) is 3. The van der Waals surface area contributed by atoms with Crippen LogP contribution in [0.1, 0.15) is 26.3 Å². The minimum absolute atomic E-state index is 0.287. The Bertz CT molecular complexity index is 781. The zero-order valence-electron chi connectivity index (χ0n) is 16.3. The van der Waals surface area contributed by atoms with Crippen LogP contribution in [-0.4, -0.2) is 53.2 Å². The molecule has 2 atom stereocenters. The van der Waals surface area contributed by atoms with Gasteiger partial charge in [0.2, 0.25) is 0 Å². The zero-order chi connectivity index (χ0) is 19.9. The first-order valence-electron chi connectivity index (χ1n) is 9.67. The van der Waals surface area contributed by atoms with Gasteiger partial charge in [-0.15, -0.1) is 0 Å². The highest BCUT2D eigenvalue weighted by molar-refractivity contribution is 5.80. The van der Waals surface area contributed by atoms with E-state index in [9.17, 15) is 8.78 Å². The second kappa shape index (κ2) is 9.52. The van der Waals surface area contributed by atoms with Crippen LogP contribution in [0.15, 0.2) is 41.9 Å². The molecule has 1 aliphatic rings. The summed E-state index contributed by atoms with van der Waals surface area (Å²) in [5.41, 5.74) is 0. The van der Waals surface area contributed by atoms with Crippen LogP contribution in [0.4, 0.5) is 8.78 Å². The monoisotopic (exact) mass is 391 g/mol. The minimum Gasteiger partial charge on any atom is -0.492 e. The SMILES string of the molecule is CCNC(=NCCOc1ccc(F)c(F)c1)N1CCC(C)C(n2ccnc2)C1. The first-order valence-corrected chi connectivity index (χ1v) is 9.67. The summed E-state index contributed by atoms with van der Waals surface area (Å²) in [4.78, 5) is 11.1.